The summed E-state index contributed by atoms with van der Waals surface area (Å²) >= 11 is 0. The molecule has 1 saturated heterocycles. The first kappa shape index (κ1) is 16.6. The Kier molecular flexibility index (Phi) is 4.37. The van der Waals surface area contributed by atoms with E-state index in [0.29, 0.717) is 11.3 Å². The van der Waals surface area contributed by atoms with Gasteiger partial charge in [0.25, 0.3) is 5.56 Å². The van der Waals surface area contributed by atoms with Gasteiger partial charge in [-0.15, -0.1) is 0 Å². The zero-order valence-electron chi connectivity index (χ0n) is 13.2. The van der Waals surface area contributed by atoms with Crippen molar-refractivity contribution in [2.24, 2.45) is 4.99 Å². The molecular formula is C14H19N5O5. The van der Waals surface area contributed by atoms with Gasteiger partial charge in [0.15, 0.2) is 11.7 Å². The van der Waals surface area contributed by atoms with E-state index in [-0.39, 0.29) is 5.52 Å². The molecule has 1 aliphatic rings. The molecule has 3 heterocycles. The summed E-state index contributed by atoms with van der Waals surface area (Å²) in [5.74, 6) is 0.315. The summed E-state index contributed by atoms with van der Waals surface area (Å²) in [5, 5.41) is 29.2. The molecule has 4 atom stereocenters. The lowest BCUT2D eigenvalue weighted by Gasteiger charge is -2.17. The Morgan fingerprint density at radius 1 is 1.46 bits per heavy atom. The van der Waals surface area contributed by atoms with E-state index in [1.54, 1.807) is 25.1 Å². The predicted octanol–water partition coefficient (Wildman–Crippen LogP) is -1.44. The van der Waals surface area contributed by atoms with Gasteiger partial charge < -0.3 is 34.5 Å². The predicted molar refractivity (Wildman–Crippen MR) is 85.2 cm³/mol. The Bertz CT molecular complexity index is 813. The maximum Gasteiger partial charge on any atom is 0.277 e. The lowest BCUT2D eigenvalue weighted by molar-refractivity contribution is -0.0508. The minimum absolute atomic E-state index is 0.163. The molecule has 10 nitrogen and oxygen atoms in total. The third-order valence-electron chi connectivity index (χ3n) is 3.78. The number of pyridine rings is 1. The fourth-order valence-electron chi connectivity index (χ4n) is 2.59. The molecular weight excluding hydrogens is 318 g/mol. The van der Waals surface area contributed by atoms with Crippen molar-refractivity contribution < 1.29 is 20.1 Å². The van der Waals surface area contributed by atoms with Crippen molar-refractivity contribution in [2.75, 3.05) is 20.7 Å². The number of aliphatic hydroxyl groups is 3. The zero-order valence-corrected chi connectivity index (χ0v) is 13.2. The van der Waals surface area contributed by atoms with E-state index in [9.17, 15) is 20.1 Å². The van der Waals surface area contributed by atoms with Crippen molar-refractivity contribution in [3.63, 3.8) is 0 Å². The molecule has 0 bridgehead atoms. The topological polar surface area (TPSA) is 136 Å². The Hall–Kier alpha value is -2.27. The fraction of sp³-hybridized carbons (Fsp3) is 0.500. The van der Waals surface area contributed by atoms with Crippen LogP contribution in [-0.2, 0) is 4.74 Å². The fourth-order valence-corrected chi connectivity index (χ4v) is 2.59. The van der Waals surface area contributed by atoms with Gasteiger partial charge in [0.1, 0.15) is 24.1 Å². The number of hydrogen-bond acceptors (Lipinski definition) is 7. The summed E-state index contributed by atoms with van der Waals surface area (Å²) in [6.07, 6.45) is -1.48. The van der Waals surface area contributed by atoms with E-state index < -0.39 is 36.7 Å². The van der Waals surface area contributed by atoms with Crippen LogP contribution in [0, 0.1) is 0 Å². The van der Waals surface area contributed by atoms with Crippen molar-refractivity contribution in [3.05, 3.63) is 22.7 Å². The van der Waals surface area contributed by atoms with Gasteiger partial charge in [-0.25, -0.2) is 9.98 Å². The summed E-state index contributed by atoms with van der Waals surface area (Å²) in [4.78, 5) is 24.6. The van der Waals surface area contributed by atoms with Crippen LogP contribution in [0.1, 0.15) is 6.23 Å². The van der Waals surface area contributed by atoms with E-state index in [1.807, 2.05) is 0 Å². The second-order valence-electron chi connectivity index (χ2n) is 5.81. The van der Waals surface area contributed by atoms with Crippen LogP contribution in [0.5, 0.6) is 0 Å². The number of H-pyrrole nitrogens is 1. The van der Waals surface area contributed by atoms with Gasteiger partial charge in [-0.2, -0.15) is 0 Å². The number of aromatic nitrogens is 3. The van der Waals surface area contributed by atoms with Gasteiger partial charge in [0.05, 0.1) is 24.8 Å². The molecule has 1 fully saturated rings. The second-order valence-corrected chi connectivity index (χ2v) is 5.81. The van der Waals surface area contributed by atoms with E-state index in [0.717, 1.165) is 0 Å². The van der Waals surface area contributed by atoms with Crippen molar-refractivity contribution in [1.29, 1.82) is 0 Å². The average molecular weight is 337 g/mol. The summed E-state index contributed by atoms with van der Waals surface area (Å²) < 4.78 is 6.93. The van der Waals surface area contributed by atoms with E-state index >= 15 is 0 Å². The van der Waals surface area contributed by atoms with Crippen LogP contribution in [-0.4, -0.2) is 80.1 Å². The third-order valence-corrected chi connectivity index (χ3v) is 3.78. The number of hydrogen-bond donors (Lipinski definition) is 4. The quantitative estimate of drug-likeness (QED) is 0.396. The Morgan fingerprint density at radius 3 is 2.83 bits per heavy atom. The maximum atomic E-state index is 12.1. The van der Waals surface area contributed by atoms with Crippen molar-refractivity contribution in [2.45, 2.75) is 24.5 Å². The molecule has 130 valence electrons. The van der Waals surface area contributed by atoms with Gasteiger partial charge in [0, 0.05) is 20.2 Å². The molecule has 3 rings (SSSR count). The number of nitrogens with one attached hydrogen (secondary N) is 1. The molecule has 0 aromatic carbocycles. The molecule has 4 N–H and O–H groups in total. The maximum absolute atomic E-state index is 12.1. The zero-order chi connectivity index (χ0) is 17.4. The molecule has 1 aliphatic heterocycles. The largest absolute Gasteiger partial charge is 0.394 e. The molecule has 0 unspecified atom stereocenters. The number of imidazole rings is 1. The standard InChI is InChI=1S/C14H19N5O5/c1-18(2)5-15-9-3-7-10(13(23)17-9)16-6-19(7)14-12(22)11(21)8(4-20)24-14/h3,5-6,8,11-12,14,20-22H,4H2,1-2H3,(H,17,23)/t8-,11-,12-,14-/m1/s1. The summed E-state index contributed by atoms with van der Waals surface area (Å²) in [7, 11) is 3.59. The summed E-state index contributed by atoms with van der Waals surface area (Å²) in [6.45, 7) is -0.430. The SMILES string of the molecule is CN(C)C=Nc1cc2c(ncn2[C@@H]2O[C@H](CO)[C@@H](O)[C@H]2O)c(=O)[nH]1. The minimum atomic E-state index is -1.26. The Balaban J connectivity index is 2.05. The van der Waals surface area contributed by atoms with Crippen molar-refractivity contribution in [3.8, 4) is 0 Å². The number of fused-ring (bicyclic) bond motifs is 1. The lowest BCUT2D eigenvalue weighted by atomic mass is 10.1. The van der Waals surface area contributed by atoms with Gasteiger partial charge >= 0.3 is 0 Å². The molecule has 0 aliphatic carbocycles. The van der Waals surface area contributed by atoms with E-state index in [2.05, 4.69) is 15.0 Å². The molecule has 2 aromatic rings. The first-order valence-corrected chi connectivity index (χ1v) is 7.35. The van der Waals surface area contributed by atoms with Crippen LogP contribution in [0.15, 0.2) is 22.2 Å². The highest BCUT2D eigenvalue weighted by Crippen LogP contribution is 2.31. The lowest BCUT2D eigenvalue weighted by Crippen LogP contribution is -2.33. The first-order chi connectivity index (χ1) is 11.4. The number of nitrogens with zero attached hydrogens (tertiary/aromatic N) is 4. The molecule has 0 amide bonds. The first-order valence-electron chi connectivity index (χ1n) is 7.35. The van der Waals surface area contributed by atoms with Crippen molar-refractivity contribution >= 4 is 23.2 Å². The highest BCUT2D eigenvalue weighted by atomic mass is 16.6. The van der Waals surface area contributed by atoms with Crippen LogP contribution in [0.25, 0.3) is 11.0 Å². The van der Waals surface area contributed by atoms with Gasteiger partial charge in [-0.1, -0.05) is 0 Å². The Morgan fingerprint density at radius 2 is 2.21 bits per heavy atom. The molecule has 2 aromatic heterocycles. The third kappa shape index (κ3) is 2.80. The smallest absolute Gasteiger partial charge is 0.277 e. The van der Waals surface area contributed by atoms with Crippen LogP contribution in [0.2, 0.25) is 0 Å². The summed E-state index contributed by atoms with van der Waals surface area (Å²) in [6, 6.07) is 1.60. The number of ether oxygens (including phenoxy) is 1. The molecule has 24 heavy (non-hydrogen) atoms. The number of rotatable bonds is 4. The van der Waals surface area contributed by atoms with Crippen LogP contribution in [0.3, 0.4) is 0 Å². The van der Waals surface area contributed by atoms with Crippen LogP contribution >= 0.6 is 0 Å². The van der Waals surface area contributed by atoms with Crippen molar-refractivity contribution in [1.82, 2.24) is 19.4 Å². The molecule has 10 heteroatoms. The van der Waals surface area contributed by atoms with Crippen LogP contribution in [0.4, 0.5) is 5.82 Å². The number of aliphatic hydroxyl groups excluding tert-OH is 3. The van der Waals surface area contributed by atoms with Gasteiger partial charge in [0.2, 0.25) is 0 Å². The Labute approximate surface area is 136 Å². The molecule has 0 spiro atoms. The number of aromatic amines is 1. The van der Waals surface area contributed by atoms with Crippen LogP contribution < -0.4 is 5.56 Å². The van der Waals surface area contributed by atoms with E-state index in [4.69, 9.17) is 4.74 Å². The average Bonchev–Trinajstić information content (AvgIpc) is 3.08. The highest BCUT2D eigenvalue weighted by molar-refractivity contribution is 5.77. The normalized spacial score (nSPS) is 27.4. The molecule has 0 saturated carbocycles. The van der Waals surface area contributed by atoms with Gasteiger partial charge in [-0.05, 0) is 0 Å². The van der Waals surface area contributed by atoms with Gasteiger partial charge in [-0.3, -0.25) is 4.79 Å². The minimum Gasteiger partial charge on any atom is -0.394 e. The monoisotopic (exact) mass is 337 g/mol. The second kappa shape index (κ2) is 6.32. The summed E-state index contributed by atoms with van der Waals surface area (Å²) in [5.41, 5.74) is 0.139. The molecule has 0 radical (unpaired) electrons. The number of aliphatic imine (C=N–C) groups is 1. The van der Waals surface area contributed by atoms with E-state index in [1.165, 1.54) is 17.2 Å². The highest BCUT2D eigenvalue weighted by Gasteiger charge is 2.43.